The number of anilines is 3. The molecule has 4 rings (SSSR count). The molecule has 0 unspecified atom stereocenters. The van der Waals surface area contributed by atoms with Crippen LogP contribution in [0.4, 0.5) is 31.2 Å². The maximum absolute atomic E-state index is 14.6. The van der Waals surface area contributed by atoms with Gasteiger partial charge in [-0.25, -0.2) is 19.0 Å². The molecule has 0 aliphatic carbocycles. The van der Waals surface area contributed by atoms with Crippen LogP contribution >= 0.6 is 11.6 Å². The second-order valence-electron chi connectivity index (χ2n) is 7.42. The van der Waals surface area contributed by atoms with Gasteiger partial charge in [-0.05, 0) is 37.3 Å². The molecule has 0 fully saturated rings. The molecule has 2 heterocycles. The van der Waals surface area contributed by atoms with E-state index in [0.717, 1.165) is 6.07 Å². The third-order valence-electron chi connectivity index (χ3n) is 5.16. The van der Waals surface area contributed by atoms with Gasteiger partial charge in [0.05, 0.1) is 16.2 Å². The van der Waals surface area contributed by atoms with Gasteiger partial charge in [-0.2, -0.15) is 0 Å². The Labute approximate surface area is 203 Å². The Kier molecular flexibility index (Phi) is 6.65. The van der Waals surface area contributed by atoms with Crippen molar-refractivity contribution in [3.63, 3.8) is 0 Å². The molecule has 0 spiro atoms. The van der Waals surface area contributed by atoms with E-state index in [4.69, 9.17) is 16.7 Å². The average Bonchev–Trinajstić information content (AvgIpc) is 2.81. The molecule has 178 valence electrons. The number of nitrogens with one attached hydrogen (secondary N) is 3. The number of nitrogens with zero attached hydrogens (tertiary/aromatic N) is 2. The summed E-state index contributed by atoms with van der Waals surface area (Å²) >= 11 is 6.30. The molecule has 0 radical (unpaired) electrons. The summed E-state index contributed by atoms with van der Waals surface area (Å²) in [7, 11) is 0. The highest BCUT2D eigenvalue weighted by Crippen LogP contribution is 2.32. The molecule has 0 saturated heterocycles. The Morgan fingerprint density at radius 3 is 2.49 bits per heavy atom. The number of hydrogen-bond acceptors (Lipinski definition) is 4. The van der Waals surface area contributed by atoms with Crippen molar-refractivity contribution in [2.75, 3.05) is 16.0 Å². The molecule has 3 amide bonds. The molecule has 0 bridgehead atoms. The number of benzene rings is 2. The fourth-order valence-electron chi connectivity index (χ4n) is 3.61. The molecule has 2 aromatic heterocycles. The average molecular weight is 496 g/mol. The zero-order valence-corrected chi connectivity index (χ0v) is 19.1. The van der Waals surface area contributed by atoms with Gasteiger partial charge in [-0.1, -0.05) is 29.8 Å². The van der Waals surface area contributed by atoms with E-state index >= 15 is 0 Å². The maximum atomic E-state index is 14.6. The SMILES string of the molecule is CCn1c(=O)c(-c2cc(NC(=O)Nc3ccccc3)c(F)cc2Cl)cc2cnc(NC(=O)O)cc21. The van der Waals surface area contributed by atoms with Crippen molar-refractivity contribution in [3.05, 3.63) is 82.0 Å². The first-order valence-electron chi connectivity index (χ1n) is 10.4. The van der Waals surface area contributed by atoms with Crippen LogP contribution in [-0.4, -0.2) is 26.8 Å². The quantitative estimate of drug-likeness (QED) is 0.286. The number of hydrogen-bond donors (Lipinski definition) is 4. The van der Waals surface area contributed by atoms with Gasteiger partial charge in [0.25, 0.3) is 5.56 Å². The number of aryl methyl sites for hydroxylation is 1. The topological polar surface area (TPSA) is 125 Å². The van der Waals surface area contributed by atoms with Crippen molar-refractivity contribution in [1.82, 2.24) is 9.55 Å². The van der Waals surface area contributed by atoms with Crippen LogP contribution in [-0.2, 0) is 6.54 Å². The maximum Gasteiger partial charge on any atom is 0.410 e. The minimum Gasteiger partial charge on any atom is -0.465 e. The number of amides is 3. The first-order chi connectivity index (χ1) is 16.8. The van der Waals surface area contributed by atoms with E-state index in [0.29, 0.717) is 16.6 Å². The number of carbonyl (C=O) groups is 2. The van der Waals surface area contributed by atoms with Crippen molar-refractivity contribution in [2.24, 2.45) is 0 Å². The lowest BCUT2D eigenvalue weighted by Gasteiger charge is -2.15. The summed E-state index contributed by atoms with van der Waals surface area (Å²) in [4.78, 5) is 40.7. The number of carboxylic acid groups (broad SMARTS) is 1. The van der Waals surface area contributed by atoms with Gasteiger partial charge >= 0.3 is 12.1 Å². The standard InChI is InChI=1S/C24H19ClFN5O4/c1-2-31-20-11-21(30-24(34)35)27-12-13(20)8-16(22(31)32)15-9-19(18(26)10-17(15)25)29-23(33)28-14-6-4-3-5-7-14/h3-12H,2H2,1H3,(H,27,30)(H,34,35)(H2,28,29,33). The number of aromatic nitrogens is 2. The predicted octanol–water partition coefficient (Wildman–Crippen LogP) is 5.61. The Morgan fingerprint density at radius 2 is 1.80 bits per heavy atom. The summed E-state index contributed by atoms with van der Waals surface area (Å²) in [6.07, 6.45) is 0.132. The Balaban J connectivity index is 1.76. The second kappa shape index (κ2) is 9.82. The van der Waals surface area contributed by atoms with Gasteiger partial charge in [0.15, 0.2) is 0 Å². The van der Waals surface area contributed by atoms with Crippen LogP contribution < -0.4 is 21.5 Å². The summed E-state index contributed by atoms with van der Waals surface area (Å²) < 4.78 is 16.0. The van der Waals surface area contributed by atoms with Gasteiger partial charge in [-0.15, -0.1) is 0 Å². The summed E-state index contributed by atoms with van der Waals surface area (Å²) in [6, 6.07) is 13.3. The van der Waals surface area contributed by atoms with Crippen molar-refractivity contribution in [1.29, 1.82) is 0 Å². The van der Waals surface area contributed by atoms with Gasteiger partial charge in [-0.3, -0.25) is 10.1 Å². The molecule has 9 nitrogen and oxygen atoms in total. The Morgan fingerprint density at radius 1 is 1.06 bits per heavy atom. The van der Waals surface area contributed by atoms with Gasteiger partial charge < -0.3 is 20.3 Å². The minimum atomic E-state index is -1.28. The van der Waals surface area contributed by atoms with E-state index in [2.05, 4.69) is 20.9 Å². The molecule has 35 heavy (non-hydrogen) atoms. The van der Waals surface area contributed by atoms with Crippen LogP contribution in [0, 0.1) is 5.82 Å². The van der Waals surface area contributed by atoms with Crippen molar-refractivity contribution >= 4 is 51.8 Å². The lowest BCUT2D eigenvalue weighted by molar-refractivity contribution is 0.209. The third-order valence-corrected chi connectivity index (χ3v) is 5.47. The Hall–Kier alpha value is -4.44. The van der Waals surface area contributed by atoms with Gasteiger partial charge in [0, 0.05) is 41.0 Å². The number of halogens is 2. The van der Waals surface area contributed by atoms with Gasteiger partial charge in [0.1, 0.15) is 11.6 Å². The van der Waals surface area contributed by atoms with Crippen LogP contribution in [0.5, 0.6) is 0 Å². The molecule has 2 aromatic carbocycles. The van der Waals surface area contributed by atoms with E-state index in [9.17, 15) is 18.8 Å². The fraction of sp³-hybridized carbons (Fsp3) is 0.0833. The van der Waals surface area contributed by atoms with E-state index in [1.807, 2.05) is 0 Å². The number of urea groups is 1. The van der Waals surface area contributed by atoms with Crippen molar-refractivity contribution in [3.8, 4) is 11.1 Å². The largest absolute Gasteiger partial charge is 0.465 e. The number of pyridine rings is 2. The highest BCUT2D eigenvalue weighted by atomic mass is 35.5. The van der Waals surface area contributed by atoms with E-state index < -0.39 is 23.5 Å². The Bertz CT molecular complexity index is 1510. The fourth-order valence-corrected chi connectivity index (χ4v) is 3.87. The van der Waals surface area contributed by atoms with Crippen LogP contribution in [0.1, 0.15) is 6.92 Å². The zero-order valence-electron chi connectivity index (χ0n) is 18.3. The number of para-hydroxylation sites is 1. The van der Waals surface area contributed by atoms with Crippen LogP contribution in [0.25, 0.3) is 22.0 Å². The zero-order chi connectivity index (χ0) is 25.1. The highest BCUT2D eigenvalue weighted by molar-refractivity contribution is 6.33. The van der Waals surface area contributed by atoms with E-state index in [1.54, 1.807) is 37.3 Å². The van der Waals surface area contributed by atoms with Crippen LogP contribution in [0.2, 0.25) is 5.02 Å². The number of carbonyl (C=O) groups excluding carboxylic acids is 1. The number of fused-ring (bicyclic) bond motifs is 1. The van der Waals surface area contributed by atoms with Crippen molar-refractivity contribution in [2.45, 2.75) is 13.5 Å². The summed E-state index contributed by atoms with van der Waals surface area (Å²) in [6.45, 7) is 2.02. The summed E-state index contributed by atoms with van der Waals surface area (Å²) in [5.41, 5.74) is 0.754. The molecule has 0 atom stereocenters. The van der Waals surface area contributed by atoms with E-state index in [1.165, 1.54) is 29.0 Å². The van der Waals surface area contributed by atoms with E-state index in [-0.39, 0.29) is 34.2 Å². The molecule has 4 N–H and O–H groups in total. The number of rotatable bonds is 5. The molecular weight excluding hydrogens is 477 g/mol. The van der Waals surface area contributed by atoms with Crippen molar-refractivity contribution < 1.29 is 19.1 Å². The molecule has 0 aliphatic rings. The lowest BCUT2D eigenvalue weighted by atomic mass is 10.0. The normalized spacial score (nSPS) is 10.7. The first-order valence-corrected chi connectivity index (χ1v) is 10.8. The summed E-state index contributed by atoms with van der Waals surface area (Å²) in [5, 5.41) is 16.6. The monoisotopic (exact) mass is 495 g/mol. The smallest absolute Gasteiger partial charge is 0.410 e. The lowest BCUT2D eigenvalue weighted by Crippen LogP contribution is -2.22. The molecular formula is C24H19ClFN5O4. The third kappa shape index (κ3) is 5.07. The predicted molar refractivity (Wildman–Crippen MR) is 133 cm³/mol. The highest BCUT2D eigenvalue weighted by Gasteiger charge is 2.18. The molecule has 0 aliphatic heterocycles. The molecule has 4 aromatic rings. The first kappa shape index (κ1) is 23.7. The summed E-state index contributed by atoms with van der Waals surface area (Å²) in [5.74, 6) is -0.709. The van der Waals surface area contributed by atoms with Crippen LogP contribution in [0.15, 0.2) is 65.6 Å². The minimum absolute atomic E-state index is 0.0206. The van der Waals surface area contributed by atoms with Crippen LogP contribution in [0.3, 0.4) is 0 Å². The second-order valence-corrected chi connectivity index (χ2v) is 7.83. The molecule has 0 saturated carbocycles. The molecule has 11 heteroatoms. The van der Waals surface area contributed by atoms with Gasteiger partial charge in [0.2, 0.25) is 0 Å².